The van der Waals surface area contributed by atoms with Gasteiger partial charge in [0.25, 0.3) is 0 Å². The molecule has 0 saturated heterocycles. The molecule has 0 saturated carbocycles. The van der Waals surface area contributed by atoms with Gasteiger partial charge < -0.3 is 9.80 Å². The highest BCUT2D eigenvalue weighted by Gasteiger charge is 2.41. The summed E-state index contributed by atoms with van der Waals surface area (Å²) in [5.74, 6) is 1.03. The molecule has 0 N–H and O–H groups in total. The van der Waals surface area contributed by atoms with E-state index in [1.165, 1.54) is 30.8 Å². The second kappa shape index (κ2) is 5.65. The quantitative estimate of drug-likeness (QED) is 0.765. The first-order valence-corrected chi connectivity index (χ1v) is 9.40. The van der Waals surface area contributed by atoms with Crippen LogP contribution in [0.3, 0.4) is 0 Å². The minimum atomic E-state index is 0.448. The topological polar surface area (TPSA) is 19.4 Å². The average Bonchev–Trinajstić information content (AvgIpc) is 2.57. The molecular formula is C21H29N3. The van der Waals surface area contributed by atoms with E-state index in [1.54, 1.807) is 22.5 Å². The number of aromatic nitrogens is 1. The van der Waals surface area contributed by atoms with Gasteiger partial charge in [0.1, 0.15) is 0 Å². The normalized spacial score (nSPS) is 26.6. The Morgan fingerprint density at radius 2 is 1.92 bits per heavy atom. The molecule has 3 heterocycles. The van der Waals surface area contributed by atoms with Crippen molar-refractivity contribution in [1.29, 1.82) is 0 Å². The van der Waals surface area contributed by atoms with E-state index in [0.717, 1.165) is 6.42 Å². The zero-order chi connectivity index (χ0) is 17.0. The smallest absolute Gasteiger partial charge is 0.0681 e. The van der Waals surface area contributed by atoms with Crippen molar-refractivity contribution in [2.75, 3.05) is 18.5 Å². The predicted octanol–water partition coefficient (Wildman–Crippen LogP) is 4.37. The molecule has 2 atom stereocenters. The summed E-state index contributed by atoms with van der Waals surface area (Å²) in [4.78, 5) is 9.80. The summed E-state index contributed by atoms with van der Waals surface area (Å²) < 4.78 is 0. The van der Waals surface area contributed by atoms with Gasteiger partial charge in [0.15, 0.2) is 0 Å². The SMILES string of the molecule is CC1C2=C(C(C)C3=C1Cc1ncccc1N3C(C)C)N(C)CCC2. The summed E-state index contributed by atoms with van der Waals surface area (Å²) >= 11 is 0. The number of pyridine rings is 1. The Hall–Kier alpha value is -1.77. The van der Waals surface area contributed by atoms with E-state index >= 15 is 0 Å². The predicted molar refractivity (Wildman–Crippen MR) is 99.8 cm³/mol. The van der Waals surface area contributed by atoms with Gasteiger partial charge in [0.2, 0.25) is 0 Å². The van der Waals surface area contributed by atoms with Crippen molar-refractivity contribution in [3.8, 4) is 0 Å². The number of anilines is 1. The van der Waals surface area contributed by atoms with Gasteiger partial charge in [-0.2, -0.15) is 0 Å². The molecule has 0 fully saturated rings. The van der Waals surface area contributed by atoms with Crippen molar-refractivity contribution in [1.82, 2.24) is 9.88 Å². The number of fused-ring (bicyclic) bond motifs is 1. The molecule has 0 radical (unpaired) electrons. The fourth-order valence-electron chi connectivity index (χ4n) is 5.15. The maximum atomic E-state index is 4.72. The molecule has 2 aliphatic heterocycles. The van der Waals surface area contributed by atoms with Gasteiger partial charge in [-0.25, -0.2) is 0 Å². The summed E-state index contributed by atoms with van der Waals surface area (Å²) in [5.41, 5.74) is 8.98. The average molecular weight is 323 g/mol. The van der Waals surface area contributed by atoms with Crippen LogP contribution in [0.1, 0.15) is 46.2 Å². The first kappa shape index (κ1) is 15.7. The lowest BCUT2D eigenvalue weighted by atomic mass is 9.72. The van der Waals surface area contributed by atoms with Crippen molar-refractivity contribution in [2.24, 2.45) is 11.8 Å². The molecule has 0 spiro atoms. The molecule has 24 heavy (non-hydrogen) atoms. The Bertz CT molecular complexity index is 728. The lowest BCUT2D eigenvalue weighted by Gasteiger charge is -2.49. The highest BCUT2D eigenvalue weighted by atomic mass is 15.2. The Balaban J connectivity index is 1.88. The Morgan fingerprint density at radius 1 is 1.12 bits per heavy atom. The van der Waals surface area contributed by atoms with Crippen molar-refractivity contribution >= 4 is 5.69 Å². The first-order chi connectivity index (χ1) is 11.5. The van der Waals surface area contributed by atoms with Crippen LogP contribution >= 0.6 is 0 Å². The molecule has 0 aromatic carbocycles. The van der Waals surface area contributed by atoms with Crippen LogP contribution in [-0.2, 0) is 6.42 Å². The van der Waals surface area contributed by atoms with Crippen LogP contribution in [0.15, 0.2) is 40.9 Å². The highest BCUT2D eigenvalue weighted by Crippen LogP contribution is 2.49. The third kappa shape index (κ3) is 2.13. The molecule has 2 unspecified atom stereocenters. The number of rotatable bonds is 1. The molecule has 4 rings (SSSR count). The lowest BCUT2D eigenvalue weighted by molar-refractivity contribution is 0.319. The van der Waals surface area contributed by atoms with Crippen LogP contribution in [0.2, 0.25) is 0 Å². The summed E-state index contributed by atoms with van der Waals surface area (Å²) in [7, 11) is 2.28. The van der Waals surface area contributed by atoms with E-state index in [-0.39, 0.29) is 0 Å². The van der Waals surface area contributed by atoms with Gasteiger partial charge in [0, 0.05) is 55.5 Å². The van der Waals surface area contributed by atoms with Gasteiger partial charge in [-0.1, -0.05) is 13.8 Å². The zero-order valence-electron chi connectivity index (χ0n) is 15.6. The molecule has 3 aliphatic rings. The molecule has 0 bridgehead atoms. The summed E-state index contributed by atoms with van der Waals surface area (Å²) in [5, 5.41) is 0. The van der Waals surface area contributed by atoms with Crippen molar-refractivity contribution < 1.29 is 0 Å². The van der Waals surface area contributed by atoms with E-state index in [0.29, 0.717) is 17.9 Å². The zero-order valence-corrected chi connectivity index (χ0v) is 15.6. The molecule has 3 heteroatoms. The Kier molecular flexibility index (Phi) is 3.70. The monoisotopic (exact) mass is 323 g/mol. The summed E-state index contributed by atoms with van der Waals surface area (Å²) in [6.07, 6.45) is 5.51. The van der Waals surface area contributed by atoms with Gasteiger partial charge in [0.05, 0.1) is 11.4 Å². The van der Waals surface area contributed by atoms with E-state index in [1.807, 2.05) is 6.20 Å². The first-order valence-electron chi connectivity index (χ1n) is 9.40. The Labute approximate surface area is 146 Å². The number of allylic oxidation sites excluding steroid dienone is 2. The maximum Gasteiger partial charge on any atom is 0.0681 e. The van der Waals surface area contributed by atoms with E-state index in [9.17, 15) is 0 Å². The minimum absolute atomic E-state index is 0.448. The van der Waals surface area contributed by atoms with Crippen LogP contribution < -0.4 is 4.90 Å². The molecule has 3 nitrogen and oxygen atoms in total. The fourth-order valence-corrected chi connectivity index (χ4v) is 5.15. The van der Waals surface area contributed by atoms with Gasteiger partial charge >= 0.3 is 0 Å². The Morgan fingerprint density at radius 3 is 2.67 bits per heavy atom. The molecule has 128 valence electrons. The second-order valence-corrected chi connectivity index (χ2v) is 7.90. The van der Waals surface area contributed by atoms with Crippen LogP contribution in [-0.4, -0.2) is 29.5 Å². The molecule has 0 amide bonds. The van der Waals surface area contributed by atoms with Gasteiger partial charge in [-0.05, 0) is 50.0 Å². The van der Waals surface area contributed by atoms with Crippen LogP contribution in [0.5, 0.6) is 0 Å². The summed E-state index contributed by atoms with van der Waals surface area (Å²) in [6, 6.07) is 4.77. The number of nitrogens with zero attached hydrogens (tertiary/aromatic N) is 3. The third-order valence-corrected chi connectivity index (χ3v) is 6.13. The fraction of sp³-hybridized carbons (Fsp3) is 0.571. The standard InChI is InChI=1S/C21H29N3/c1-13(2)24-19-9-6-10-22-18(19)12-17-14(3)16-8-7-11-23(5)20(16)15(4)21(17)24/h6,9-10,13-15H,7-8,11-12H2,1-5H3. The van der Waals surface area contributed by atoms with Crippen LogP contribution in [0, 0.1) is 11.8 Å². The second-order valence-electron chi connectivity index (χ2n) is 7.90. The van der Waals surface area contributed by atoms with Crippen molar-refractivity contribution in [3.05, 3.63) is 46.6 Å². The minimum Gasteiger partial charge on any atom is -0.377 e. The van der Waals surface area contributed by atoms with Gasteiger partial charge in [-0.3, -0.25) is 4.98 Å². The van der Waals surface area contributed by atoms with Crippen LogP contribution in [0.25, 0.3) is 0 Å². The molecule has 1 aromatic rings. The number of hydrogen-bond acceptors (Lipinski definition) is 3. The van der Waals surface area contributed by atoms with Crippen molar-refractivity contribution in [3.63, 3.8) is 0 Å². The molecule has 1 aromatic heterocycles. The summed E-state index contributed by atoms with van der Waals surface area (Å²) in [6.45, 7) is 10.6. The van der Waals surface area contributed by atoms with E-state index in [2.05, 4.69) is 56.7 Å². The van der Waals surface area contributed by atoms with Crippen molar-refractivity contribution in [2.45, 2.75) is 53.0 Å². The van der Waals surface area contributed by atoms with E-state index in [4.69, 9.17) is 4.98 Å². The molecule has 1 aliphatic carbocycles. The maximum absolute atomic E-state index is 4.72. The highest BCUT2D eigenvalue weighted by molar-refractivity contribution is 5.64. The third-order valence-electron chi connectivity index (χ3n) is 6.13. The van der Waals surface area contributed by atoms with Gasteiger partial charge in [-0.15, -0.1) is 0 Å². The largest absolute Gasteiger partial charge is 0.377 e. The molecular weight excluding hydrogens is 294 g/mol. The number of hydrogen-bond donors (Lipinski definition) is 0. The lowest BCUT2D eigenvalue weighted by Crippen LogP contribution is -2.44. The van der Waals surface area contributed by atoms with E-state index < -0.39 is 0 Å². The van der Waals surface area contributed by atoms with Crippen LogP contribution in [0.4, 0.5) is 5.69 Å².